The van der Waals surface area contributed by atoms with E-state index in [-0.39, 0.29) is 6.61 Å². The fourth-order valence-electron chi connectivity index (χ4n) is 2.81. The summed E-state index contributed by atoms with van der Waals surface area (Å²) in [5, 5.41) is 19.0. The zero-order valence-electron chi connectivity index (χ0n) is 13.4. The highest BCUT2D eigenvalue weighted by Crippen LogP contribution is 2.28. The van der Waals surface area contributed by atoms with Crippen LogP contribution in [0.1, 0.15) is 59.8 Å². The molecule has 0 aliphatic rings. The molecule has 0 aromatic heterocycles. The third-order valence-corrected chi connectivity index (χ3v) is 8.87. The zero-order valence-corrected chi connectivity index (χ0v) is 14.4. The first-order valence-corrected chi connectivity index (χ1v) is 10.5. The molecule has 0 unspecified atom stereocenters. The summed E-state index contributed by atoms with van der Waals surface area (Å²) < 4.78 is 6.33. The minimum atomic E-state index is -1.59. The van der Waals surface area contributed by atoms with Crippen molar-refractivity contribution < 1.29 is 14.6 Å². The van der Waals surface area contributed by atoms with Gasteiger partial charge in [0.15, 0.2) is 8.32 Å². The summed E-state index contributed by atoms with van der Waals surface area (Å²) in [6, 6.07) is 3.70. The SMILES string of the molecule is CCC[Si](CCC)(CCC)OCC[C@@](C)(O)CCO. The second-order valence-corrected chi connectivity index (χ2v) is 10.2. The molecule has 1 atom stereocenters. The molecule has 0 fully saturated rings. The summed E-state index contributed by atoms with van der Waals surface area (Å²) >= 11 is 0. The lowest BCUT2D eigenvalue weighted by molar-refractivity contribution is 0.0131. The molecule has 2 N–H and O–H groups in total. The second-order valence-electron chi connectivity index (χ2n) is 6.00. The van der Waals surface area contributed by atoms with Gasteiger partial charge in [-0.3, -0.25) is 0 Å². The van der Waals surface area contributed by atoms with Crippen LogP contribution in [0.4, 0.5) is 0 Å². The minimum Gasteiger partial charge on any atom is -0.417 e. The molecule has 0 saturated carbocycles. The molecule has 0 amide bonds. The highest BCUT2D eigenvalue weighted by molar-refractivity contribution is 6.73. The van der Waals surface area contributed by atoms with E-state index in [1.165, 1.54) is 37.4 Å². The Hall–Kier alpha value is 0.0969. The Morgan fingerprint density at radius 1 is 0.947 bits per heavy atom. The van der Waals surface area contributed by atoms with E-state index in [1.54, 1.807) is 6.92 Å². The smallest absolute Gasteiger partial charge is 0.192 e. The van der Waals surface area contributed by atoms with E-state index < -0.39 is 13.9 Å². The molecule has 0 spiro atoms. The highest BCUT2D eigenvalue weighted by Gasteiger charge is 2.32. The van der Waals surface area contributed by atoms with Crippen molar-refractivity contribution >= 4 is 8.32 Å². The number of hydrogen-bond acceptors (Lipinski definition) is 3. The van der Waals surface area contributed by atoms with Gasteiger partial charge in [0.05, 0.1) is 5.60 Å². The highest BCUT2D eigenvalue weighted by atomic mass is 28.4. The van der Waals surface area contributed by atoms with Crippen LogP contribution in [-0.4, -0.2) is 37.3 Å². The predicted octanol–water partition coefficient (Wildman–Crippen LogP) is 3.70. The molecule has 0 aromatic carbocycles. The number of aliphatic hydroxyl groups excluding tert-OH is 1. The molecular weight excluding hydrogens is 256 g/mol. The van der Waals surface area contributed by atoms with Gasteiger partial charge in [0.2, 0.25) is 0 Å². The van der Waals surface area contributed by atoms with Crippen molar-refractivity contribution in [2.45, 2.75) is 83.5 Å². The third kappa shape index (κ3) is 8.08. The molecule has 0 radical (unpaired) electrons. The van der Waals surface area contributed by atoms with Crippen LogP contribution >= 0.6 is 0 Å². The number of hydrogen-bond donors (Lipinski definition) is 2. The van der Waals surface area contributed by atoms with Gasteiger partial charge in [-0.05, 0) is 37.9 Å². The van der Waals surface area contributed by atoms with Crippen LogP contribution in [0.15, 0.2) is 0 Å². The van der Waals surface area contributed by atoms with E-state index in [4.69, 9.17) is 9.53 Å². The summed E-state index contributed by atoms with van der Waals surface area (Å²) in [4.78, 5) is 0. The van der Waals surface area contributed by atoms with E-state index in [9.17, 15) is 5.11 Å². The largest absolute Gasteiger partial charge is 0.417 e. The van der Waals surface area contributed by atoms with Crippen molar-refractivity contribution in [3.63, 3.8) is 0 Å². The van der Waals surface area contributed by atoms with Crippen LogP contribution in [-0.2, 0) is 4.43 Å². The van der Waals surface area contributed by atoms with Crippen molar-refractivity contribution in [3.8, 4) is 0 Å². The lowest BCUT2D eigenvalue weighted by Gasteiger charge is -2.32. The normalized spacial score (nSPS) is 15.5. The van der Waals surface area contributed by atoms with Crippen molar-refractivity contribution in [3.05, 3.63) is 0 Å². The Bertz CT molecular complexity index is 202. The van der Waals surface area contributed by atoms with E-state index in [0.717, 1.165) is 0 Å². The van der Waals surface area contributed by atoms with Gasteiger partial charge in [-0.15, -0.1) is 0 Å². The van der Waals surface area contributed by atoms with Crippen LogP contribution in [0, 0.1) is 0 Å². The van der Waals surface area contributed by atoms with Gasteiger partial charge < -0.3 is 14.6 Å². The quantitative estimate of drug-likeness (QED) is 0.539. The average molecular weight is 291 g/mol. The van der Waals surface area contributed by atoms with Gasteiger partial charge in [-0.25, -0.2) is 0 Å². The lowest BCUT2D eigenvalue weighted by atomic mass is 10.00. The van der Waals surface area contributed by atoms with Crippen LogP contribution in [0.2, 0.25) is 18.1 Å². The summed E-state index contributed by atoms with van der Waals surface area (Å²) in [7, 11) is -1.59. The molecule has 19 heavy (non-hydrogen) atoms. The van der Waals surface area contributed by atoms with Crippen molar-refractivity contribution in [2.24, 2.45) is 0 Å². The lowest BCUT2D eigenvalue weighted by Crippen LogP contribution is -2.39. The fourth-order valence-corrected chi connectivity index (χ4v) is 7.26. The molecule has 116 valence electrons. The van der Waals surface area contributed by atoms with Gasteiger partial charge in [0.25, 0.3) is 0 Å². The minimum absolute atomic E-state index is 0.0362. The van der Waals surface area contributed by atoms with E-state index >= 15 is 0 Å². The monoisotopic (exact) mass is 290 g/mol. The van der Waals surface area contributed by atoms with Crippen molar-refractivity contribution in [1.29, 1.82) is 0 Å². The van der Waals surface area contributed by atoms with Crippen LogP contribution in [0.25, 0.3) is 0 Å². The molecule has 0 rings (SSSR count). The van der Waals surface area contributed by atoms with Gasteiger partial charge in [0, 0.05) is 13.2 Å². The molecule has 3 nitrogen and oxygen atoms in total. The predicted molar refractivity (Wildman–Crippen MR) is 83.9 cm³/mol. The Morgan fingerprint density at radius 3 is 1.79 bits per heavy atom. The first-order chi connectivity index (χ1) is 8.95. The molecule has 4 heteroatoms. The summed E-state index contributed by atoms with van der Waals surface area (Å²) in [6.45, 7) is 9.16. The molecule has 0 bridgehead atoms. The van der Waals surface area contributed by atoms with E-state index in [0.29, 0.717) is 19.4 Å². The molecular formula is C15H34O3Si. The zero-order chi connectivity index (χ0) is 14.8. The van der Waals surface area contributed by atoms with Gasteiger partial charge in [-0.1, -0.05) is 40.0 Å². The van der Waals surface area contributed by atoms with Gasteiger partial charge in [-0.2, -0.15) is 0 Å². The van der Waals surface area contributed by atoms with Crippen LogP contribution in [0.3, 0.4) is 0 Å². The first-order valence-electron chi connectivity index (χ1n) is 7.92. The topological polar surface area (TPSA) is 49.7 Å². The van der Waals surface area contributed by atoms with Gasteiger partial charge >= 0.3 is 0 Å². The summed E-state index contributed by atoms with van der Waals surface area (Å²) in [6.07, 6.45) is 4.64. The van der Waals surface area contributed by atoms with Gasteiger partial charge in [0.1, 0.15) is 0 Å². The van der Waals surface area contributed by atoms with E-state index in [1.807, 2.05) is 0 Å². The molecule has 0 heterocycles. The van der Waals surface area contributed by atoms with Crippen molar-refractivity contribution in [2.75, 3.05) is 13.2 Å². The third-order valence-electron chi connectivity index (χ3n) is 3.82. The summed E-state index contributed by atoms with van der Waals surface area (Å²) in [5.41, 5.74) is -0.792. The fraction of sp³-hybridized carbons (Fsp3) is 1.00. The Labute approximate surface area is 120 Å². The maximum absolute atomic E-state index is 10.1. The van der Waals surface area contributed by atoms with Crippen LogP contribution < -0.4 is 0 Å². The number of rotatable bonds is 12. The summed E-state index contributed by atoms with van der Waals surface area (Å²) in [5.74, 6) is 0. The second kappa shape index (κ2) is 9.92. The Kier molecular flexibility index (Phi) is 9.97. The molecule has 0 saturated heterocycles. The molecule has 0 aliphatic heterocycles. The van der Waals surface area contributed by atoms with Crippen molar-refractivity contribution in [1.82, 2.24) is 0 Å². The number of aliphatic hydroxyl groups is 2. The van der Waals surface area contributed by atoms with Crippen LogP contribution in [0.5, 0.6) is 0 Å². The standard InChI is InChI=1S/C15H34O3Si/c1-5-12-19(13-6-2,14-7-3)18-11-9-15(4,17)8-10-16/h16-17H,5-14H2,1-4H3/t15-/m0/s1. The van der Waals surface area contributed by atoms with E-state index in [2.05, 4.69) is 20.8 Å². The maximum atomic E-state index is 10.1. The maximum Gasteiger partial charge on any atom is 0.192 e. The average Bonchev–Trinajstić information content (AvgIpc) is 2.29. The Balaban J connectivity index is 4.38. The first kappa shape index (κ1) is 19.1. The molecule has 0 aliphatic carbocycles. The Morgan fingerprint density at radius 2 is 1.42 bits per heavy atom. The molecule has 0 aromatic rings.